The monoisotopic (exact) mass is 408 g/mol. The molecule has 0 saturated carbocycles. The first kappa shape index (κ1) is 21.5. The number of benzene rings is 2. The lowest BCUT2D eigenvalue weighted by molar-refractivity contribution is -0.115. The summed E-state index contributed by atoms with van der Waals surface area (Å²) in [5, 5.41) is 2.71. The van der Waals surface area contributed by atoms with Crippen molar-refractivity contribution < 1.29 is 27.4 Å². The van der Waals surface area contributed by atoms with Crippen molar-refractivity contribution in [2.45, 2.75) is 11.3 Å². The first-order chi connectivity index (χ1) is 13.2. The molecule has 0 heterocycles. The summed E-state index contributed by atoms with van der Waals surface area (Å²) >= 11 is 0. The van der Waals surface area contributed by atoms with Crippen LogP contribution in [0.15, 0.2) is 41.3 Å². The van der Waals surface area contributed by atoms with E-state index in [1.807, 2.05) is 0 Å². The highest BCUT2D eigenvalue weighted by molar-refractivity contribution is 7.89. The van der Waals surface area contributed by atoms with E-state index in [1.54, 1.807) is 31.4 Å². The van der Waals surface area contributed by atoms with Gasteiger partial charge in [0.25, 0.3) is 0 Å². The maximum Gasteiger partial charge on any atom is 0.246 e. The Balaban J connectivity index is 2.25. The van der Waals surface area contributed by atoms with Crippen molar-refractivity contribution in [2.24, 2.45) is 0 Å². The molecule has 0 aromatic heterocycles. The van der Waals surface area contributed by atoms with E-state index in [0.29, 0.717) is 22.7 Å². The molecule has 0 saturated heterocycles. The van der Waals surface area contributed by atoms with Crippen molar-refractivity contribution in [2.75, 3.05) is 40.7 Å². The van der Waals surface area contributed by atoms with E-state index in [2.05, 4.69) is 5.32 Å². The van der Waals surface area contributed by atoms with Crippen molar-refractivity contribution in [1.29, 1.82) is 0 Å². The summed E-state index contributed by atoms with van der Waals surface area (Å²) in [6.45, 7) is 0. The van der Waals surface area contributed by atoms with Gasteiger partial charge in [-0.05, 0) is 24.3 Å². The van der Waals surface area contributed by atoms with Crippen LogP contribution in [0.5, 0.6) is 17.2 Å². The summed E-state index contributed by atoms with van der Waals surface area (Å²) in [4.78, 5) is 12.4. The van der Waals surface area contributed by atoms with Crippen molar-refractivity contribution in [3.63, 3.8) is 0 Å². The smallest absolute Gasteiger partial charge is 0.246 e. The Morgan fingerprint density at radius 3 is 2.21 bits per heavy atom. The molecule has 0 radical (unpaired) electrons. The molecule has 1 N–H and O–H groups in total. The molecule has 0 aliphatic rings. The van der Waals surface area contributed by atoms with Crippen molar-refractivity contribution in [3.8, 4) is 17.2 Å². The van der Waals surface area contributed by atoms with Crippen LogP contribution in [0.2, 0.25) is 0 Å². The van der Waals surface area contributed by atoms with Crippen LogP contribution in [0.25, 0.3) is 0 Å². The zero-order valence-electron chi connectivity index (χ0n) is 16.5. The molecule has 8 nitrogen and oxygen atoms in total. The predicted molar refractivity (Wildman–Crippen MR) is 106 cm³/mol. The molecule has 2 rings (SSSR count). The first-order valence-electron chi connectivity index (χ1n) is 8.34. The molecule has 2 aromatic carbocycles. The third kappa shape index (κ3) is 4.73. The maximum absolute atomic E-state index is 12.5. The molecule has 0 atom stereocenters. The van der Waals surface area contributed by atoms with Crippen LogP contribution >= 0.6 is 0 Å². The lowest BCUT2D eigenvalue weighted by atomic mass is 10.1. The summed E-state index contributed by atoms with van der Waals surface area (Å²) in [7, 11) is 3.57. The minimum absolute atomic E-state index is 0.0279. The second-order valence-electron chi connectivity index (χ2n) is 6.06. The molecule has 0 aliphatic carbocycles. The van der Waals surface area contributed by atoms with Crippen molar-refractivity contribution >= 4 is 21.6 Å². The highest BCUT2D eigenvalue weighted by atomic mass is 32.2. The van der Waals surface area contributed by atoms with Gasteiger partial charge in [0.2, 0.25) is 15.9 Å². The molecule has 0 aliphatic heterocycles. The SMILES string of the molecule is COc1ccc(CC(=O)Nc2ccc(OC)c(S(=O)(=O)N(C)C)c2)c(OC)c1. The van der Waals surface area contributed by atoms with Gasteiger partial charge < -0.3 is 19.5 Å². The fraction of sp³-hybridized carbons (Fsp3) is 0.316. The Bertz CT molecular complexity index is 957. The number of carbonyl (C=O) groups excluding carboxylic acids is 1. The summed E-state index contributed by atoms with van der Waals surface area (Å²) in [5.41, 5.74) is 1.02. The van der Waals surface area contributed by atoms with Gasteiger partial charge in [-0.25, -0.2) is 12.7 Å². The number of anilines is 1. The Morgan fingerprint density at radius 1 is 0.964 bits per heavy atom. The number of hydrogen-bond donors (Lipinski definition) is 1. The van der Waals surface area contributed by atoms with Crippen LogP contribution in [-0.4, -0.2) is 54.1 Å². The fourth-order valence-corrected chi connectivity index (χ4v) is 3.60. The molecule has 28 heavy (non-hydrogen) atoms. The molecule has 0 spiro atoms. The van der Waals surface area contributed by atoms with E-state index in [1.165, 1.54) is 40.4 Å². The van der Waals surface area contributed by atoms with E-state index in [-0.39, 0.29) is 23.0 Å². The normalized spacial score (nSPS) is 11.2. The van der Waals surface area contributed by atoms with E-state index in [4.69, 9.17) is 14.2 Å². The topological polar surface area (TPSA) is 94.2 Å². The molecule has 2 aromatic rings. The van der Waals surface area contributed by atoms with Crippen LogP contribution in [-0.2, 0) is 21.2 Å². The van der Waals surface area contributed by atoms with Gasteiger partial charge in [-0.15, -0.1) is 0 Å². The predicted octanol–water partition coefficient (Wildman–Crippen LogP) is 2.14. The number of nitrogens with zero attached hydrogens (tertiary/aromatic N) is 1. The minimum Gasteiger partial charge on any atom is -0.497 e. The van der Waals surface area contributed by atoms with E-state index in [0.717, 1.165) is 4.31 Å². The second-order valence-corrected chi connectivity index (χ2v) is 8.18. The summed E-state index contributed by atoms with van der Waals surface area (Å²) in [5.74, 6) is 1.03. The largest absolute Gasteiger partial charge is 0.497 e. The van der Waals surface area contributed by atoms with Crippen molar-refractivity contribution in [3.05, 3.63) is 42.0 Å². The Hall–Kier alpha value is -2.78. The Kier molecular flexibility index (Phi) is 6.87. The number of rotatable bonds is 8. The van der Waals surface area contributed by atoms with Crippen molar-refractivity contribution in [1.82, 2.24) is 4.31 Å². The van der Waals surface area contributed by atoms with Crippen LogP contribution in [0.4, 0.5) is 5.69 Å². The number of nitrogens with one attached hydrogen (secondary N) is 1. The molecule has 152 valence electrons. The van der Waals surface area contributed by atoms with E-state index >= 15 is 0 Å². The summed E-state index contributed by atoms with van der Waals surface area (Å²) < 4.78 is 41.6. The Morgan fingerprint density at radius 2 is 1.64 bits per heavy atom. The molecular formula is C19H24N2O6S. The number of ether oxygens (including phenoxy) is 3. The summed E-state index contributed by atoms with van der Waals surface area (Å²) in [6.07, 6.45) is 0.0506. The van der Waals surface area contributed by atoms with Gasteiger partial charge in [0.15, 0.2) is 0 Å². The van der Waals surface area contributed by atoms with E-state index < -0.39 is 10.0 Å². The van der Waals surface area contributed by atoms with Crippen LogP contribution < -0.4 is 19.5 Å². The lowest BCUT2D eigenvalue weighted by Gasteiger charge is -2.16. The molecule has 0 unspecified atom stereocenters. The molecule has 0 fully saturated rings. The van der Waals surface area contributed by atoms with Gasteiger partial charge >= 0.3 is 0 Å². The van der Waals surface area contributed by atoms with Crippen LogP contribution in [0.1, 0.15) is 5.56 Å². The standard InChI is InChI=1S/C19H24N2O6S/c1-21(2)28(23,24)18-11-14(7-9-16(18)26-4)20-19(22)10-13-6-8-15(25-3)12-17(13)27-5/h6-9,11-12H,10H2,1-5H3,(H,20,22). The molecule has 1 amide bonds. The van der Waals surface area contributed by atoms with Gasteiger partial charge in [0, 0.05) is 31.4 Å². The fourth-order valence-electron chi connectivity index (χ4n) is 2.53. The number of hydrogen-bond acceptors (Lipinski definition) is 6. The number of sulfonamides is 1. The first-order valence-corrected chi connectivity index (χ1v) is 9.78. The number of carbonyl (C=O) groups is 1. The summed E-state index contributed by atoms with van der Waals surface area (Å²) in [6, 6.07) is 9.62. The average molecular weight is 408 g/mol. The van der Waals surface area contributed by atoms with Gasteiger partial charge in [-0.2, -0.15) is 0 Å². The highest BCUT2D eigenvalue weighted by Crippen LogP contribution is 2.29. The third-order valence-electron chi connectivity index (χ3n) is 4.05. The molecule has 9 heteroatoms. The second kappa shape index (κ2) is 8.94. The quantitative estimate of drug-likeness (QED) is 0.719. The zero-order chi connectivity index (χ0) is 20.9. The number of methoxy groups -OCH3 is 3. The van der Waals surface area contributed by atoms with Gasteiger partial charge in [0.1, 0.15) is 22.1 Å². The maximum atomic E-state index is 12.5. The number of amides is 1. The zero-order valence-corrected chi connectivity index (χ0v) is 17.3. The van der Waals surface area contributed by atoms with Crippen LogP contribution in [0, 0.1) is 0 Å². The lowest BCUT2D eigenvalue weighted by Crippen LogP contribution is -2.23. The third-order valence-corrected chi connectivity index (χ3v) is 5.89. The van der Waals surface area contributed by atoms with Gasteiger partial charge in [-0.3, -0.25) is 4.79 Å². The van der Waals surface area contributed by atoms with Crippen LogP contribution in [0.3, 0.4) is 0 Å². The van der Waals surface area contributed by atoms with Gasteiger partial charge in [0.05, 0.1) is 27.8 Å². The molecule has 0 bridgehead atoms. The minimum atomic E-state index is -3.73. The molecular weight excluding hydrogens is 384 g/mol. The van der Waals surface area contributed by atoms with E-state index in [9.17, 15) is 13.2 Å². The average Bonchev–Trinajstić information content (AvgIpc) is 2.67. The van der Waals surface area contributed by atoms with Gasteiger partial charge in [-0.1, -0.05) is 6.07 Å². The highest BCUT2D eigenvalue weighted by Gasteiger charge is 2.23. The Labute approximate surface area is 165 Å².